The number of benzene rings is 2. The van der Waals surface area contributed by atoms with Crippen LogP contribution in [0.15, 0.2) is 58.6 Å². The van der Waals surface area contributed by atoms with Gasteiger partial charge in [-0.25, -0.2) is 0 Å². The van der Waals surface area contributed by atoms with Crippen LogP contribution in [0.2, 0.25) is 0 Å². The molecule has 0 radical (unpaired) electrons. The van der Waals surface area contributed by atoms with E-state index < -0.39 is 4.92 Å². The second-order valence-corrected chi connectivity index (χ2v) is 8.60. The molecule has 1 N–H and O–H groups in total. The molecule has 4 rings (SSSR count). The van der Waals surface area contributed by atoms with Crippen molar-refractivity contribution in [2.45, 2.75) is 48.7 Å². The Hall–Kier alpha value is -3.27. The zero-order valence-electron chi connectivity index (χ0n) is 17.0. The Morgan fingerprint density at radius 2 is 1.97 bits per heavy atom. The highest BCUT2D eigenvalue weighted by molar-refractivity contribution is 7.99. The van der Waals surface area contributed by atoms with Crippen molar-refractivity contribution in [1.29, 1.82) is 0 Å². The molecule has 0 saturated heterocycles. The highest BCUT2D eigenvalue weighted by atomic mass is 32.2. The van der Waals surface area contributed by atoms with E-state index in [1.165, 1.54) is 23.9 Å². The van der Waals surface area contributed by atoms with Crippen LogP contribution in [0.1, 0.15) is 43.0 Å². The van der Waals surface area contributed by atoms with E-state index in [0.29, 0.717) is 16.0 Å². The largest absolute Gasteiger partial charge is 0.349 e. The lowest BCUT2D eigenvalue weighted by molar-refractivity contribution is -0.384. The van der Waals surface area contributed by atoms with Gasteiger partial charge < -0.3 is 5.32 Å². The predicted molar refractivity (Wildman–Crippen MR) is 115 cm³/mol. The van der Waals surface area contributed by atoms with Crippen LogP contribution in [0.3, 0.4) is 0 Å². The van der Waals surface area contributed by atoms with Gasteiger partial charge >= 0.3 is 0 Å². The van der Waals surface area contributed by atoms with Crippen LogP contribution in [-0.4, -0.2) is 37.1 Å². The summed E-state index contributed by atoms with van der Waals surface area (Å²) >= 11 is 1.20. The smallest absolute Gasteiger partial charge is 0.270 e. The minimum absolute atomic E-state index is 0.0630. The SMILES string of the molecule is C[C@H]1CCCC[C@H]1NC(=O)c1cc([N+](=O)[O-])ccc1Sc1nnnn1-c1ccccc1. The van der Waals surface area contributed by atoms with Crippen molar-refractivity contribution in [3.05, 3.63) is 64.2 Å². The number of nitro benzene ring substituents is 1. The Morgan fingerprint density at radius 1 is 1.19 bits per heavy atom. The maximum absolute atomic E-state index is 13.1. The summed E-state index contributed by atoms with van der Waals surface area (Å²) in [7, 11) is 0. The molecule has 0 bridgehead atoms. The first-order valence-corrected chi connectivity index (χ1v) is 11.0. The zero-order valence-corrected chi connectivity index (χ0v) is 17.8. The van der Waals surface area contributed by atoms with Gasteiger partial charge in [-0.3, -0.25) is 14.9 Å². The minimum atomic E-state index is -0.498. The fraction of sp³-hybridized carbons (Fsp3) is 0.333. The number of nitro groups is 1. The molecule has 3 aromatic rings. The average Bonchev–Trinajstić information content (AvgIpc) is 3.24. The zero-order chi connectivity index (χ0) is 21.8. The van der Waals surface area contributed by atoms with Gasteiger partial charge in [0.05, 0.1) is 16.2 Å². The average molecular weight is 439 g/mol. The molecule has 1 fully saturated rings. The van der Waals surface area contributed by atoms with Gasteiger partial charge in [0, 0.05) is 23.1 Å². The molecule has 10 heteroatoms. The summed E-state index contributed by atoms with van der Waals surface area (Å²) < 4.78 is 1.57. The summed E-state index contributed by atoms with van der Waals surface area (Å²) in [4.78, 5) is 24.5. The third-order valence-corrected chi connectivity index (χ3v) is 6.50. The van der Waals surface area contributed by atoms with Crippen LogP contribution in [-0.2, 0) is 0 Å². The van der Waals surface area contributed by atoms with E-state index in [4.69, 9.17) is 0 Å². The molecule has 0 spiro atoms. The number of amides is 1. The summed E-state index contributed by atoms with van der Waals surface area (Å²) in [5.74, 6) is 0.0570. The summed E-state index contributed by atoms with van der Waals surface area (Å²) in [5, 5.41) is 26.7. The molecule has 1 amide bonds. The standard InChI is InChI=1S/C21H22N6O3S/c1-14-7-5-6-10-18(14)22-20(28)17-13-16(27(29)30)11-12-19(17)31-21-23-24-25-26(21)15-8-3-2-4-9-15/h2-4,8-9,11-14,18H,5-7,10H2,1H3,(H,22,28)/t14-,18+/m0/s1. The molecule has 1 aliphatic rings. The number of carbonyl (C=O) groups excluding carboxylic acids is 1. The molecular weight excluding hydrogens is 416 g/mol. The molecule has 1 saturated carbocycles. The van der Waals surface area contributed by atoms with Crippen molar-refractivity contribution in [1.82, 2.24) is 25.5 Å². The van der Waals surface area contributed by atoms with Crippen LogP contribution in [0.25, 0.3) is 5.69 Å². The molecule has 9 nitrogen and oxygen atoms in total. The van der Waals surface area contributed by atoms with Gasteiger partial charge in [-0.2, -0.15) is 4.68 Å². The van der Waals surface area contributed by atoms with Crippen molar-refractivity contribution in [3.63, 3.8) is 0 Å². The van der Waals surface area contributed by atoms with Crippen molar-refractivity contribution in [2.75, 3.05) is 0 Å². The van der Waals surface area contributed by atoms with E-state index in [1.54, 1.807) is 10.7 Å². The second kappa shape index (κ2) is 9.25. The van der Waals surface area contributed by atoms with Crippen LogP contribution >= 0.6 is 11.8 Å². The summed E-state index contributed by atoms with van der Waals surface area (Å²) in [6.07, 6.45) is 4.20. The molecular formula is C21H22N6O3S. The van der Waals surface area contributed by atoms with Crippen LogP contribution in [0, 0.1) is 16.0 Å². The van der Waals surface area contributed by atoms with E-state index in [1.807, 2.05) is 30.3 Å². The predicted octanol–water partition coefficient (Wildman–Crippen LogP) is 4.03. The van der Waals surface area contributed by atoms with E-state index >= 15 is 0 Å². The van der Waals surface area contributed by atoms with Crippen LogP contribution < -0.4 is 5.32 Å². The van der Waals surface area contributed by atoms with Crippen LogP contribution in [0.5, 0.6) is 0 Å². The number of non-ortho nitro benzene ring substituents is 1. The molecule has 1 aliphatic carbocycles. The minimum Gasteiger partial charge on any atom is -0.349 e. The second-order valence-electron chi connectivity index (χ2n) is 7.59. The van der Waals surface area contributed by atoms with Crippen molar-refractivity contribution in [3.8, 4) is 5.69 Å². The third kappa shape index (κ3) is 4.74. The van der Waals surface area contributed by atoms with Crippen molar-refractivity contribution < 1.29 is 9.72 Å². The highest BCUT2D eigenvalue weighted by Gasteiger charge is 2.26. The van der Waals surface area contributed by atoms with Crippen molar-refractivity contribution >= 4 is 23.4 Å². The van der Waals surface area contributed by atoms with Crippen LogP contribution in [0.4, 0.5) is 5.69 Å². The van der Waals surface area contributed by atoms with E-state index in [9.17, 15) is 14.9 Å². The molecule has 31 heavy (non-hydrogen) atoms. The molecule has 2 aromatic carbocycles. The number of carbonyl (C=O) groups is 1. The van der Waals surface area contributed by atoms with Gasteiger partial charge in [-0.1, -0.05) is 38.0 Å². The van der Waals surface area contributed by atoms with E-state index in [2.05, 4.69) is 27.8 Å². The summed E-state index contributed by atoms with van der Waals surface area (Å²) in [5.41, 5.74) is 0.896. The number of nitrogens with zero attached hydrogens (tertiary/aromatic N) is 5. The number of tetrazole rings is 1. The number of hydrogen-bond donors (Lipinski definition) is 1. The highest BCUT2D eigenvalue weighted by Crippen LogP contribution is 2.33. The summed E-state index contributed by atoms with van der Waals surface area (Å²) in [6, 6.07) is 13.7. The normalized spacial score (nSPS) is 18.5. The van der Waals surface area contributed by atoms with E-state index in [-0.39, 0.29) is 23.2 Å². The maximum atomic E-state index is 13.1. The lowest BCUT2D eigenvalue weighted by atomic mass is 9.86. The molecule has 1 aromatic heterocycles. The van der Waals surface area contributed by atoms with Gasteiger partial charge in [0.25, 0.3) is 11.6 Å². The molecule has 0 aliphatic heterocycles. The fourth-order valence-corrected chi connectivity index (χ4v) is 4.65. The molecule has 1 heterocycles. The summed E-state index contributed by atoms with van der Waals surface area (Å²) in [6.45, 7) is 2.13. The third-order valence-electron chi connectivity index (χ3n) is 5.49. The Labute approximate surface area is 183 Å². The van der Waals surface area contributed by atoms with Gasteiger partial charge in [0.15, 0.2) is 0 Å². The maximum Gasteiger partial charge on any atom is 0.270 e. The number of nitrogens with one attached hydrogen (secondary N) is 1. The topological polar surface area (TPSA) is 116 Å². The Kier molecular flexibility index (Phi) is 6.26. The molecule has 0 unspecified atom stereocenters. The Bertz CT molecular complexity index is 1090. The van der Waals surface area contributed by atoms with E-state index in [0.717, 1.165) is 31.4 Å². The number of rotatable bonds is 6. The first-order chi connectivity index (χ1) is 15.0. The lowest BCUT2D eigenvalue weighted by Crippen LogP contribution is -2.41. The van der Waals surface area contributed by atoms with Gasteiger partial charge in [0.2, 0.25) is 5.16 Å². The quantitative estimate of drug-likeness (QED) is 0.456. The Balaban J connectivity index is 1.65. The molecule has 2 atom stereocenters. The first-order valence-electron chi connectivity index (χ1n) is 10.1. The van der Waals surface area contributed by atoms with Gasteiger partial charge in [-0.15, -0.1) is 5.10 Å². The number of aromatic nitrogens is 4. The number of hydrogen-bond acceptors (Lipinski definition) is 7. The lowest BCUT2D eigenvalue weighted by Gasteiger charge is -2.29. The van der Waals surface area contributed by atoms with Gasteiger partial charge in [0.1, 0.15) is 0 Å². The number of para-hydroxylation sites is 1. The fourth-order valence-electron chi connectivity index (χ4n) is 3.75. The Morgan fingerprint density at radius 3 is 2.71 bits per heavy atom. The molecule has 160 valence electrons. The monoisotopic (exact) mass is 438 g/mol. The van der Waals surface area contributed by atoms with Crippen molar-refractivity contribution in [2.24, 2.45) is 5.92 Å². The van der Waals surface area contributed by atoms with Gasteiger partial charge in [-0.05, 0) is 59.1 Å². The first kappa shape index (κ1) is 21.0.